The number of halogens is 5. The second-order valence-corrected chi connectivity index (χ2v) is 5.17. The van der Waals surface area contributed by atoms with E-state index in [0.29, 0.717) is 18.2 Å². The van der Waals surface area contributed by atoms with Gasteiger partial charge in [0.15, 0.2) is 0 Å². The molecule has 1 atom stereocenters. The van der Waals surface area contributed by atoms with Gasteiger partial charge in [0.25, 0.3) is 0 Å². The molecule has 1 aromatic rings. The zero-order valence-electron chi connectivity index (χ0n) is 11.7. The molecular weight excluding hydrogens is 308 g/mol. The van der Waals surface area contributed by atoms with Gasteiger partial charge in [0.1, 0.15) is 5.82 Å². The molecule has 1 aromatic carbocycles. The van der Waals surface area contributed by atoms with Crippen molar-refractivity contribution in [1.29, 1.82) is 0 Å². The Balaban J connectivity index is 0.00000220. The van der Waals surface area contributed by atoms with E-state index in [2.05, 4.69) is 10.2 Å². The van der Waals surface area contributed by atoms with Gasteiger partial charge in [0, 0.05) is 19.1 Å². The van der Waals surface area contributed by atoms with Crippen molar-refractivity contribution in [3.8, 4) is 0 Å². The topological polar surface area (TPSA) is 15.3 Å². The summed E-state index contributed by atoms with van der Waals surface area (Å²) in [6.07, 6.45) is -2.56. The minimum absolute atomic E-state index is 0. The smallest absolute Gasteiger partial charge is 0.316 e. The van der Waals surface area contributed by atoms with Gasteiger partial charge in [-0.15, -0.1) is 12.4 Å². The Morgan fingerprint density at radius 1 is 1.33 bits per heavy atom. The molecule has 0 saturated carbocycles. The van der Waals surface area contributed by atoms with Gasteiger partial charge in [-0.25, -0.2) is 4.39 Å². The quantitative estimate of drug-likeness (QED) is 0.856. The molecule has 1 fully saturated rings. The lowest BCUT2D eigenvalue weighted by Gasteiger charge is -2.32. The minimum Gasteiger partial charge on any atom is -0.316 e. The van der Waals surface area contributed by atoms with E-state index in [4.69, 9.17) is 0 Å². The predicted molar refractivity (Wildman–Crippen MR) is 76.0 cm³/mol. The van der Waals surface area contributed by atoms with Crippen LogP contribution in [0.15, 0.2) is 18.2 Å². The Morgan fingerprint density at radius 2 is 2.05 bits per heavy atom. The first-order chi connectivity index (χ1) is 9.40. The lowest BCUT2D eigenvalue weighted by atomic mass is 10.0. The van der Waals surface area contributed by atoms with Crippen LogP contribution >= 0.6 is 12.4 Å². The maximum atomic E-state index is 13.2. The molecule has 21 heavy (non-hydrogen) atoms. The summed E-state index contributed by atoms with van der Waals surface area (Å²) < 4.78 is 51.2. The highest BCUT2D eigenvalue weighted by Gasteiger charge is 2.34. The molecule has 1 aliphatic rings. The van der Waals surface area contributed by atoms with E-state index in [-0.39, 0.29) is 12.4 Å². The Morgan fingerprint density at radius 3 is 2.67 bits per heavy atom. The van der Waals surface area contributed by atoms with Crippen molar-refractivity contribution in [2.75, 3.05) is 20.1 Å². The first-order valence-electron chi connectivity index (χ1n) is 6.65. The average molecular weight is 327 g/mol. The SMILES string of the molecule is CNC1CCCN(Cc2ccc(F)c(C(F)(F)F)c2)C1.Cl. The molecule has 0 aliphatic carbocycles. The van der Waals surface area contributed by atoms with Crippen LogP contribution in [0.2, 0.25) is 0 Å². The summed E-state index contributed by atoms with van der Waals surface area (Å²) in [7, 11) is 1.88. The van der Waals surface area contributed by atoms with Gasteiger partial charge in [0.05, 0.1) is 5.56 Å². The zero-order valence-corrected chi connectivity index (χ0v) is 12.5. The van der Waals surface area contributed by atoms with Gasteiger partial charge in [-0.05, 0) is 44.1 Å². The van der Waals surface area contributed by atoms with Gasteiger partial charge >= 0.3 is 6.18 Å². The Hall–Kier alpha value is -0.850. The predicted octanol–water partition coefficient (Wildman–Crippen LogP) is 3.45. The van der Waals surface area contributed by atoms with Gasteiger partial charge in [-0.2, -0.15) is 13.2 Å². The number of nitrogens with zero attached hydrogens (tertiary/aromatic N) is 1. The Labute approximate surface area is 127 Å². The monoisotopic (exact) mass is 326 g/mol. The van der Waals surface area contributed by atoms with Gasteiger partial charge in [-0.3, -0.25) is 4.90 Å². The molecule has 0 aromatic heterocycles. The molecule has 1 aliphatic heterocycles. The van der Waals surface area contributed by atoms with E-state index in [1.807, 2.05) is 7.05 Å². The molecule has 1 saturated heterocycles. The summed E-state index contributed by atoms with van der Waals surface area (Å²) in [5, 5.41) is 3.18. The molecule has 0 radical (unpaired) electrons. The third-order valence-corrected chi connectivity index (χ3v) is 3.66. The Bertz CT molecular complexity index is 465. The largest absolute Gasteiger partial charge is 0.419 e. The first kappa shape index (κ1) is 18.2. The number of benzene rings is 1. The number of hydrogen-bond acceptors (Lipinski definition) is 2. The molecule has 120 valence electrons. The Kier molecular flexibility index (Phi) is 6.43. The van der Waals surface area contributed by atoms with Gasteiger partial charge in [-0.1, -0.05) is 6.07 Å². The second-order valence-electron chi connectivity index (χ2n) is 5.17. The van der Waals surface area contributed by atoms with Crippen molar-refractivity contribution < 1.29 is 17.6 Å². The summed E-state index contributed by atoms with van der Waals surface area (Å²) in [6.45, 7) is 2.08. The highest BCUT2D eigenvalue weighted by atomic mass is 35.5. The zero-order chi connectivity index (χ0) is 14.8. The van der Waals surface area contributed by atoms with Crippen LogP contribution in [0.3, 0.4) is 0 Å². The third kappa shape index (κ3) is 4.83. The van der Waals surface area contributed by atoms with Crippen molar-refractivity contribution >= 4 is 12.4 Å². The van der Waals surface area contributed by atoms with E-state index < -0.39 is 17.6 Å². The molecular formula is C14H19ClF4N2. The fraction of sp³-hybridized carbons (Fsp3) is 0.571. The summed E-state index contributed by atoms with van der Waals surface area (Å²) in [5.41, 5.74) is -0.687. The summed E-state index contributed by atoms with van der Waals surface area (Å²) in [6, 6.07) is 3.61. The molecule has 1 N–H and O–H groups in total. The van der Waals surface area contributed by atoms with Crippen LogP contribution in [0.4, 0.5) is 17.6 Å². The van der Waals surface area contributed by atoms with Crippen LogP contribution in [0.25, 0.3) is 0 Å². The maximum absolute atomic E-state index is 13.2. The van der Waals surface area contributed by atoms with E-state index in [0.717, 1.165) is 38.1 Å². The van der Waals surface area contributed by atoms with Crippen molar-refractivity contribution in [3.63, 3.8) is 0 Å². The van der Waals surface area contributed by atoms with E-state index >= 15 is 0 Å². The number of piperidine rings is 1. The molecule has 2 nitrogen and oxygen atoms in total. The summed E-state index contributed by atoms with van der Waals surface area (Å²) in [5.74, 6) is -1.21. The number of hydrogen-bond donors (Lipinski definition) is 1. The van der Waals surface area contributed by atoms with E-state index in [9.17, 15) is 17.6 Å². The molecule has 7 heteroatoms. The normalized spacial score (nSPS) is 20.1. The van der Waals surface area contributed by atoms with Crippen molar-refractivity contribution in [1.82, 2.24) is 10.2 Å². The van der Waals surface area contributed by atoms with E-state index in [1.54, 1.807) is 0 Å². The fourth-order valence-corrected chi connectivity index (χ4v) is 2.58. The molecule has 2 rings (SSSR count). The number of nitrogens with one attached hydrogen (secondary N) is 1. The van der Waals surface area contributed by atoms with E-state index in [1.165, 1.54) is 6.07 Å². The average Bonchev–Trinajstić information content (AvgIpc) is 2.40. The van der Waals surface area contributed by atoms with Crippen molar-refractivity contribution in [3.05, 3.63) is 35.1 Å². The summed E-state index contributed by atoms with van der Waals surface area (Å²) in [4.78, 5) is 2.10. The van der Waals surface area contributed by atoms with Crippen molar-refractivity contribution in [2.45, 2.75) is 31.6 Å². The molecule has 0 spiro atoms. The maximum Gasteiger partial charge on any atom is 0.419 e. The fourth-order valence-electron chi connectivity index (χ4n) is 2.58. The van der Waals surface area contributed by atoms with Crippen LogP contribution in [0, 0.1) is 5.82 Å². The number of likely N-dealkylation sites (N-methyl/N-ethyl adjacent to an activating group) is 1. The van der Waals surface area contributed by atoms with Crippen LogP contribution in [-0.2, 0) is 12.7 Å². The highest BCUT2D eigenvalue weighted by Crippen LogP contribution is 2.32. The highest BCUT2D eigenvalue weighted by molar-refractivity contribution is 5.85. The number of alkyl halides is 3. The third-order valence-electron chi connectivity index (χ3n) is 3.66. The molecule has 1 heterocycles. The van der Waals surface area contributed by atoms with Crippen molar-refractivity contribution in [2.24, 2.45) is 0 Å². The molecule has 0 amide bonds. The minimum atomic E-state index is -4.64. The standard InChI is InChI=1S/C14H18F4N2.ClH/c1-19-11-3-2-6-20(9-11)8-10-4-5-13(15)12(7-10)14(16,17)18;/h4-5,7,11,19H,2-3,6,8-9H2,1H3;1H. The summed E-state index contributed by atoms with van der Waals surface area (Å²) >= 11 is 0. The first-order valence-corrected chi connectivity index (χ1v) is 6.65. The molecule has 0 bridgehead atoms. The van der Waals surface area contributed by atoms with Gasteiger partial charge < -0.3 is 5.32 Å². The van der Waals surface area contributed by atoms with Crippen LogP contribution in [-0.4, -0.2) is 31.1 Å². The van der Waals surface area contributed by atoms with Crippen LogP contribution in [0.5, 0.6) is 0 Å². The lowest BCUT2D eigenvalue weighted by molar-refractivity contribution is -0.140. The number of likely N-dealkylation sites (tertiary alicyclic amines) is 1. The van der Waals surface area contributed by atoms with Crippen LogP contribution < -0.4 is 5.32 Å². The van der Waals surface area contributed by atoms with Crippen LogP contribution in [0.1, 0.15) is 24.0 Å². The number of rotatable bonds is 3. The second kappa shape index (κ2) is 7.42. The lowest BCUT2D eigenvalue weighted by Crippen LogP contribution is -2.43. The molecule has 1 unspecified atom stereocenters. The van der Waals surface area contributed by atoms with Gasteiger partial charge in [0.2, 0.25) is 0 Å².